The van der Waals surface area contributed by atoms with E-state index in [9.17, 15) is 9.18 Å². The summed E-state index contributed by atoms with van der Waals surface area (Å²) in [5, 5.41) is 0. The Balaban J connectivity index is 1.95. The molecule has 1 aliphatic rings. The fourth-order valence-electron chi connectivity index (χ4n) is 2.61. The molecule has 1 aromatic carbocycles. The zero-order valence-corrected chi connectivity index (χ0v) is 12.8. The highest BCUT2D eigenvalue weighted by Crippen LogP contribution is 2.29. The zero-order valence-electron chi connectivity index (χ0n) is 12.8. The smallest absolute Gasteiger partial charge is 0.226 e. The number of methoxy groups -OCH3 is 1. The zero-order chi connectivity index (χ0) is 15.4. The van der Waals surface area contributed by atoms with E-state index in [0.717, 1.165) is 19.3 Å². The van der Waals surface area contributed by atoms with Crippen LogP contribution in [0.5, 0.6) is 5.75 Å². The topological polar surface area (TPSA) is 38.8 Å². The van der Waals surface area contributed by atoms with Gasteiger partial charge in [0.05, 0.1) is 25.0 Å². The van der Waals surface area contributed by atoms with Crippen LogP contribution >= 0.6 is 0 Å². The van der Waals surface area contributed by atoms with E-state index in [2.05, 4.69) is 6.92 Å². The van der Waals surface area contributed by atoms with Gasteiger partial charge in [-0.15, -0.1) is 0 Å². The average Bonchev–Trinajstić information content (AvgIpc) is 2.89. The number of rotatable bonds is 5. The number of carbonyl (C=O) groups excluding carboxylic acids is 1. The van der Waals surface area contributed by atoms with Crippen LogP contribution in [0.15, 0.2) is 18.2 Å². The Bertz CT molecular complexity index is 506. The van der Waals surface area contributed by atoms with Crippen molar-refractivity contribution in [3.63, 3.8) is 0 Å². The molecular formula is C16H22FNO3. The fraction of sp³-hybridized carbons (Fsp3) is 0.562. The summed E-state index contributed by atoms with van der Waals surface area (Å²) in [7, 11) is 3.14. The second kappa shape index (κ2) is 6.89. The second-order valence-electron chi connectivity index (χ2n) is 5.45. The van der Waals surface area contributed by atoms with E-state index in [-0.39, 0.29) is 17.8 Å². The molecule has 21 heavy (non-hydrogen) atoms. The summed E-state index contributed by atoms with van der Waals surface area (Å²) in [4.78, 5) is 13.8. The maximum Gasteiger partial charge on any atom is 0.226 e. The number of anilines is 1. The van der Waals surface area contributed by atoms with Gasteiger partial charge in [0.2, 0.25) is 5.91 Å². The normalized spacial score (nSPS) is 21.3. The van der Waals surface area contributed by atoms with Gasteiger partial charge < -0.3 is 14.4 Å². The molecule has 4 nitrogen and oxygen atoms in total. The summed E-state index contributed by atoms with van der Waals surface area (Å²) in [6.07, 6.45) is 3.66. The van der Waals surface area contributed by atoms with E-state index in [4.69, 9.17) is 9.47 Å². The predicted octanol–water partition coefficient (Wildman–Crippen LogP) is 3.14. The molecule has 1 saturated heterocycles. The number of ether oxygens (including phenoxy) is 2. The summed E-state index contributed by atoms with van der Waals surface area (Å²) in [5.74, 6) is -0.0514. The van der Waals surface area contributed by atoms with Crippen LogP contribution in [0.1, 0.15) is 32.6 Å². The molecule has 2 atom stereocenters. The van der Waals surface area contributed by atoms with Crippen LogP contribution in [0.2, 0.25) is 0 Å². The SMILES string of the molecule is COc1cc(F)ccc1N(C)C(=O)CC[C@@H]1CC[C@H](C)O1. The van der Waals surface area contributed by atoms with Crippen molar-refractivity contribution in [2.75, 3.05) is 19.1 Å². The van der Waals surface area contributed by atoms with E-state index < -0.39 is 0 Å². The molecule has 0 aromatic heterocycles. The number of nitrogens with zero attached hydrogens (tertiary/aromatic N) is 1. The van der Waals surface area contributed by atoms with Crippen molar-refractivity contribution < 1.29 is 18.7 Å². The van der Waals surface area contributed by atoms with Crippen LogP contribution < -0.4 is 9.64 Å². The number of hydrogen-bond donors (Lipinski definition) is 0. The van der Waals surface area contributed by atoms with Gasteiger partial charge in [0.25, 0.3) is 0 Å². The van der Waals surface area contributed by atoms with Gasteiger partial charge in [-0.25, -0.2) is 4.39 Å². The van der Waals surface area contributed by atoms with Crippen molar-refractivity contribution in [2.45, 2.75) is 44.8 Å². The first-order valence-corrected chi connectivity index (χ1v) is 7.26. The highest BCUT2D eigenvalue weighted by Gasteiger charge is 2.23. The third kappa shape index (κ3) is 3.94. The predicted molar refractivity (Wildman–Crippen MR) is 79.2 cm³/mol. The Morgan fingerprint density at radius 3 is 2.86 bits per heavy atom. The first-order chi connectivity index (χ1) is 10.0. The Morgan fingerprint density at radius 1 is 1.48 bits per heavy atom. The van der Waals surface area contributed by atoms with Gasteiger partial charge in [0, 0.05) is 19.5 Å². The molecule has 1 aliphatic heterocycles. The lowest BCUT2D eigenvalue weighted by Gasteiger charge is -2.21. The first-order valence-electron chi connectivity index (χ1n) is 7.26. The molecule has 0 spiro atoms. The highest BCUT2D eigenvalue weighted by molar-refractivity contribution is 5.94. The number of halogens is 1. The van der Waals surface area contributed by atoms with Crippen LogP contribution in [0.3, 0.4) is 0 Å². The molecule has 0 N–H and O–H groups in total. The van der Waals surface area contributed by atoms with Gasteiger partial charge >= 0.3 is 0 Å². The summed E-state index contributed by atoms with van der Waals surface area (Å²) >= 11 is 0. The molecule has 1 heterocycles. The molecule has 0 bridgehead atoms. The molecule has 1 fully saturated rings. The molecular weight excluding hydrogens is 273 g/mol. The van der Waals surface area contributed by atoms with Gasteiger partial charge in [-0.1, -0.05) is 0 Å². The van der Waals surface area contributed by atoms with Gasteiger partial charge in [-0.05, 0) is 38.3 Å². The van der Waals surface area contributed by atoms with Crippen molar-refractivity contribution >= 4 is 11.6 Å². The van der Waals surface area contributed by atoms with Gasteiger partial charge in [0.15, 0.2) is 0 Å². The van der Waals surface area contributed by atoms with Crippen molar-refractivity contribution in [2.24, 2.45) is 0 Å². The fourth-order valence-corrected chi connectivity index (χ4v) is 2.61. The van der Waals surface area contributed by atoms with Crippen LogP contribution in [0, 0.1) is 5.82 Å². The van der Waals surface area contributed by atoms with Crippen molar-refractivity contribution in [1.82, 2.24) is 0 Å². The van der Waals surface area contributed by atoms with E-state index in [0.29, 0.717) is 24.0 Å². The number of hydrogen-bond acceptors (Lipinski definition) is 3. The summed E-state index contributed by atoms with van der Waals surface area (Å²) in [6, 6.07) is 4.16. The Hall–Kier alpha value is -1.62. The molecule has 2 rings (SSSR count). The number of carbonyl (C=O) groups is 1. The lowest BCUT2D eigenvalue weighted by atomic mass is 10.1. The summed E-state index contributed by atoms with van der Waals surface area (Å²) in [5.41, 5.74) is 0.574. The standard InChI is InChI=1S/C16H22FNO3/c1-11-4-6-13(21-11)7-9-16(19)18(2)14-8-5-12(17)10-15(14)20-3/h5,8,10-11,13H,4,6-7,9H2,1-3H3/t11-,13-/m0/s1. The molecule has 116 valence electrons. The molecule has 0 aliphatic carbocycles. The minimum absolute atomic E-state index is 0.0249. The van der Waals surface area contributed by atoms with Crippen LogP contribution in [0.4, 0.5) is 10.1 Å². The lowest BCUT2D eigenvalue weighted by Crippen LogP contribution is -2.27. The molecule has 1 amide bonds. The molecule has 0 saturated carbocycles. The number of amides is 1. The molecule has 5 heteroatoms. The number of benzene rings is 1. The largest absolute Gasteiger partial charge is 0.494 e. The van der Waals surface area contributed by atoms with Crippen molar-refractivity contribution in [3.05, 3.63) is 24.0 Å². The lowest BCUT2D eigenvalue weighted by molar-refractivity contribution is -0.119. The second-order valence-corrected chi connectivity index (χ2v) is 5.45. The Kier molecular flexibility index (Phi) is 5.17. The molecule has 0 radical (unpaired) electrons. The molecule has 1 aromatic rings. The summed E-state index contributed by atoms with van der Waals surface area (Å²) < 4.78 is 24.0. The van der Waals surface area contributed by atoms with Crippen molar-refractivity contribution in [1.29, 1.82) is 0 Å². The van der Waals surface area contributed by atoms with E-state index >= 15 is 0 Å². The first kappa shape index (κ1) is 15.8. The summed E-state index contributed by atoms with van der Waals surface area (Å²) in [6.45, 7) is 2.05. The highest BCUT2D eigenvalue weighted by atomic mass is 19.1. The third-order valence-corrected chi connectivity index (χ3v) is 3.88. The van der Waals surface area contributed by atoms with Crippen LogP contribution in [-0.4, -0.2) is 32.3 Å². The van der Waals surface area contributed by atoms with E-state index in [1.54, 1.807) is 13.1 Å². The molecule has 0 unspecified atom stereocenters. The van der Waals surface area contributed by atoms with E-state index in [1.807, 2.05) is 0 Å². The minimum atomic E-state index is -0.384. The average molecular weight is 295 g/mol. The van der Waals surface area contributed by atoms with E-state index in [1.165, 1.54) is 24.1 Å². The van der Waals surface area contributed by atoms with Crippen LogP contribution in [-0.2, 0) is 9.53 Å². The van der Waals surface area contributed by atoms with Gasteiger partial charge in [-0.2, -0.15) is 0 Å². The minimum Gasteiger partial charge on any atom is -0.494 e. The third-order valence-electron chi connectivity index (χ3n) is 3.88. The van der Waals surface area contributed by atoms with Crippen LogP contribution in [0.25, 0.3) is 0 Å². The Morgan fingerprint density at radius 2 is 2.24 bits per heavy atom. The quantitative estimate of drug-likeness (QED) is 0.837. The Labute approximate surface area is 124 Å². The van der Waals surface area contributed by atoms with Gasteiger partial charge in [0.1, 0.15) is 11.6 Å². The monoisotopic (exact) mass is 295 g/mol. The van der Waals surface area contributed by atoms with Crippen molar-refractivity contribution in [3.8, 4) is 5.75 Å². The van der Waals surface area contributed by atoms with Gasteiger partial charge in [-0.3, -0.25) is 4.79 Å². The maximum absolute atomic E-state index is 13.2. The maximum atomic E-state index is 13.2.